The number of nitrogens with one attached hydrogen (secondary N) is 1. The lowest BCUT2D eigenvalue weighted by molar-refractivity contribution is 0.355. The second kappa shape index (κ2) is 9.76. The predicted molar refractivity (Wildman–Crippen MR) is 86.4 cm³/mol. The number of unbranched alkanes of at least 4 members (excludes halogenated alkanes) is 5. The quantitative estimate of drug-likeness (QED) is 0.608. The van der Waals surface area contributed by atoms with Crippen LogP contribution in [0.5, 0.6) is 11.5 Å². The minimum Gasteiger partial charge on any atom is -0.493 e. The number of anilines is 1. The zero-order valence-electron chi connectivity index (χ0n) is 12.8. The first-order chi connectivity index (χ1) is 9.72. The fourth-order valence-corrected chi connectivity index (χ4v) is 2.34. The minimum atomic E-state index is 0.655. The van der Waals surface area contributed by atoms with Crippen LogP contribution in [0.4, 0.5) is 5.69 Å². The molecule has 114 valence electrons. The Morgan fingerprint density at radius 2 is 1.55 bits per heavy atom. The standard InChI is InChI=1S/C16H26ClNO2/c1-4-5-6-7-8-9-10-18-14-12-16(20-3)15(19-2)11-13(14)17/h11-12,18H,4-10H2,1-3H3. The lowest BCUT2D eigenvalue weighted by Crippen LogP contribution is -2.03. The molecule has 0 saturated carbocycles. The number of methoxy groups -OCH3 is 2. The second-order valence-corrected chi connectivity index (χ2v) is 5.29. The number of hydrogen-bond acceptors (Lipinski definition) is 3. The van der Waals surface area contributed by atoms with Crippen molar-refractivity contribution in [2.45, 2.75) is 45.4 Å². The molecule has 0 aromatic heterocycles. The van der Waals surface area contributed by atoms with Gasteiger partial charge in [-0.25, -0.2) is 0 Å². The van der Waals surface area contributed by atoms with Crippen molar-refractivity contribution >= 4 is 17.3 Å². The van der Waals surface area contributed by atoms with Crippen LogP contribution in [0.2, 0.25) is 5.02 Å². The molecule has 0 unspecified atom stereocenters. The van der Waals surface area contributed by atoms with E-state index in [0.29, 0.717) is 16.5 Å². The molecule has 0 aliphatic carbocycles. The minimum absolute atomic E-state index is 0.655. The Balaban J connectivity index is 2.40. The summed E-state index contributed by atoms with van der Waals surface area (Å²) in [6.45, 7) is 3.17. The van der Waals surface area contributed by atoms with Gasteiger partial charge in [0.1, 0.15) is 0 Å². The number of halogens is 1. The van der Waals surface area contributed by atoms with Gasteiger partial charge in [0.15, 0.2) is 11.5 Å². The first-order valence-corrected chi connectivity index (χ1v) is 7.76. The summed E-state index contributed by atoms with van der Waals surface area (Å²) < 4.78 is 10.5. The van der Waals surface area contributed by atoms with Crippen LogP contribution in [0.15, 0.2) is 12.1 Å². The summed E-state index contributed by atoms with van der Waals surface area (Å²) in [6, 6.07) is 3.67. The molecule has 1 aromatic carbocycles. The number of hydrogen-bond donors (Lipinski definition) is 1. The van der Waals surface area contributed by atoms with Crippen LogP contribution >= 0.6 is 11.6 Å². The predicted octanol–water partition coefficient (Wildman–Crippen LogP) is 5.13. The fraction of sp³-hybridized carbons (Fsp3) is 0.625. The highest BCUT2D eigenvalue weighted by Crippen LogP contribution is 2.35. The van der Waals surface area contributed by atoms with E-state index in [2.05, 4.69) is 12.2 Å². The van der Waals surface area contributed by atoms with Crippen LogP contribution in [0.3, 0.4) is 0 Å². The summed E-state index contributed by atoms with van der Waals surface area (Å²) in [5, 5.41) is 4.02. The molecule has 1 N–H and O–H groups in total. The Morgan fingerprint density at radius 3 is 2.20 bits per heavy atom. The van der Waals surface area contributed by atoms with Crippen molar-refractivity contribution in [1.29, 1.82) is 0 Å². The van der Waals surface area contributed by atoms with Crippen molar-refractivity contribution in [1.82, 2.24) is 0 Å². The van der Waals surface area contributed by atoms with Crippen molar-refractivity contribution in [3.8, 4) is 11.5 Å². The highest BCUT2D eigenvalue weighted by Gasteiger charge is 2.09. The van der Waals surface area contributed by atoms with Gasteiger partial charge in [-0.2, -0.15) is 0 Å². The molecule has 0 aliphatic rings. The summed E-state index contributed by atoms with van der Waals surface area (Å²) in [5.74, 6) is 1.35. The third kappa shape index (κ3) is 5.49. The average Bonchev–Trinajstić information content (AvgIpc) is 2.47. The molecule has 4 heteroatoms. The molecule has 1 aromatic rings. The van der Waals surface area contributed by atoms with Gasteiger partial charge in [0.25, 0.3) is 0 Å². The van der Waals surface area contributed by atoms with Gasteiger partial charge in [0, 0.05) is 18.7 Å². The van der Waals surface area contributed by atoms with Crippen LogP contribution in [-0.2, 0) is 0 Å². The highest BCUT2D eigenvalue weighted by atomic mass is 35.5. The van der Waals surface area contributed by atoms with E-state index in [4.69, 9.17) is 21.1 Å². The molecular formula is C16H26ClNO2. The summed E-state index contributed by atoms with van der Waals surface area (Å²) >= 11 is 6.22. The maximum Gasteiger partial charge on any atom is 0.162 e. The monoisotopic (exact) mass is 299 g/mol. The molecule has 0 saturated heterocycles. The van der Waals surface area contributed by atoms with E-state index < -0.39 is 0 Å². The van der Waals surface area contributed by atoms with Gasteiger partial charge in [-0.1, -0.05) is 50.6 Å². The van der Waals surface area contributed by atoms with Gasteiger partial charge >= 0.3 is 0 Å². The molecule has 1 rings (SSSR count). The van der Waals surface area contributed by atoms with Crippen LogP contribution in [-0.4, -0.2) is 20.8 Å². The number of ether oxygens (including phenoxy) is 2. The molecule has 0 atom stereocenters. The molecule has 0 radical (unpaired) electrons. The molecule has 3 nitrogen and oxygen atoms in total. The first-order valence-electron chi connectivity index (χ1n) is 7.38. The van der Waals surface area contributed by atoms with Crippen LogP contribution in [0.1, 0.15) is 45.4 Å². The normalized spacial score (nSPS) is 10.4. The van der Waals surface area contributed by atoms with Gasteiger partial charge in [0.2, 0.25) is 0 Å². The summed E-state index contributed by atoms with van der Waals surface area (Å²) in [6.07, 6.45) is 7.71. The zero-order valence-corrected chi connectivity index (χ0v) is 13.6. The number of benzene rings is 1. The third-order valence-corrected chi connectivity index (χ3v) is 3.63. The average molecular weight is 300 g/mol. The van der Waals surface area contributed by atoms with E-state index >= 15 is 0 Å². The smallest absolute Gasteiger partial charge is 0.162 e. The van der Waals surface area contributed by atoms with Crippen molar-refractivity contribution < 1.29 is 9.47 Å². The number of rotatable bonds is 10. The van der Waals surface area contributed by atoms with Gasteiger partial charge in [-0.3, -0.25) is 0 Å². The van der Waals surface area contributed by atoms with Crippen molar-refractivity contribution in [2.24, 2.45) is 0 Å². The maximum atomic E-state index is 6.22. The molecule has 20 heavy (non-hydrogen) atoms. The molecule has 0 heterocycles. The van der Waals surface area contributed by atoms with Crippen molar-refractivity contribution in [3.63, 3.8) is 0 Å². The molecular weight excluding hydrogens is 274 g/mol. The summed E-state index contributed by atoms with van der Waals surface area (Å²) in [4.78, 5) is 0. The van der Waals surface area contributed by atoms with E-state index in [0.717, 1.165) is 18.7 Å². The Bertz CT molecular complexity index is 396. The molecule has 0 aliphatic heterocycles. The van der Waals surface area contributed by atoms with Crippen LogP contribution in [0, 0.1) is 0 Å². The van der Waals surface area contributed by atoms with E-state index in [1.807, 2.05) is 6.07 Å². The van der Waals surface area contributed by atoms with E-state index in [-0.39, 0.29) is 0 Å². The fourth-order valence-electron chi connectivity index (χ4n) is 2.12. The summed E-state index contributed by atoms with van der Waals surface area (Å²) in [5.41, 5.74) is 0.901. The summed E-state index contributed by atoms with van der Waals surface area (Å²) in [7, 11) is 3.24. The highest BCUT2D eigenvalue weighted by molar-refractivity contribution is 6.33. The topological polar surface area (TPSA) is 30.5 Å². The van der Waals surface area contributed by atoms with Gasteiger partial charge < -0.3 is 14.8 Å². The first kappa shape index (κ1) is 17.0. The second-order valence-electron chi connectivity index (χ2n) is 4.88. The Morgan fingerprint density at radius 1 is 0.950 bits per heavy atom. The Hall–Kier alpha value is -1.09. The van der Waals surface area contributed by atoms with Crippen molar-refractivity contribution in [3.05, 3.63) is 17.2 Å². The van der Waals surface area contributed by atoms with Gasteiger partial charge in [-0.05, 0) is 6.42 Å². The maximum absolute atomic E-state index is 6.22. The molecule has 0 fully saturated rings. The SMILES string of the molecule is CCCCCCCCNc1cc(OC)c(OC)cc1Cl. The molecule has 0 bridgehead atoms. The Labute approximate surface area is 127 Å². The van der Waals surface area contributed by atoms with Crippen molar-refractivity contribution in [2.75, 3.05) is 26.1 Å². The van der Waals surface area contributed by atoms with Crippen LogP contribution in [0.25, 0.3) is 0 Å². The lowest BCUT2D eigenvalue weighted by atomic mass is 10.1. The lowest BCUT2D eigenvalue weighted by Gasteiger charge is -2.13. The van der Waals surface area contributed by atoms with Gasteiger partial charge in [-0.15, -0.1) is 0 Å². The molecule has 0 spiro atoms. The largest absolute Gasteiger partial charge is 0.493 e. The van der Waals surface area contributed by atoms with Gasteiger partial charge in [0.05, 0.1) is 24.9 Å². The Kier molecular flexibility index (Phi) is 8.28. The zero-order chi connectivity index (χ0) is 14.8. The van der Waals surface area contributed by atoms with Crippen LogP contribution < -0.4 is 14.8 Å². The molecule has 0 amide bonds. The third-order valence-electron chi connectivity index (χ3n) is 3.32. The van der Waals surface area contributed by atoms with E-state index in [1.54, 1.807) is 20.3 Å². The van der Waals surface area contributed by atoms with E-state index in [9.17, 15) is 0 Å². The van der Waals surface area contributed by atoms with E-state index in [1.165, 1.54) is 32.1 Å².